The normalized spacial score (nSPS) is 11.2. The number of sulfonamides is 1. The third kappa shape index (κ3) is 3.16. The molecule has 0 radical (unpaired) electrons. The lowest BCUT2D eigenvalue weighted by Crippen LogP contribution is -2.17. The van der Waals surface area contributed by atoms with Gasteiger partial charge < -0.3 is 5.43 Å². The largest absolute Gasteiger partial charge is 0.323 e. The SMILES string of the molecule is NNc1ccccc1S(=O)(=O)Nc1ccc(Cl)c(Cl)c1. The van der Waals surface area contributed by atoms with Crippen LogP contribution >= 0.6 is 23.2 Å². The number of benzene rings is 2. The molecule has 0 amide bonds. The van der Waals surface area contributed by atoms with Crippen molar-refractivity contribution in [2.24, 2.45) is 5.84 Å². The third-order valence-electron chi connectivity index (χ3n) is 2.50. The molecular weight excluding hydrogens is 321 g/mol. The van der Waals surface area contributed by atoms with Crippen molar-refractivity contribution in [2.75, 3.05) is 10.1 Å². The highest BCUT2D eigenvalue weighted by Gasteiger charge is 2.18. The average Bonchev–Trinajstić information content (AvgIpc) is 2.42. The molecule has 0 aromatic heterocycles. The summed E-state index contributed by atoms with van der Waals surface area (Å²) in [6.07, 6.45) is 0. The number of anilines is 2. The van der Waals surface area contributed by atoms with Crippen LogP contribution in [0, 0.1) is 0 Å². The Morgan fingerprint density at radius 2 is 1.70 bits per heavy atom. The first-order valence-electron chi connectivity index (χ1n) is 5.47. The molecule has 0 aliphatic heterocycles. The summed E-state index contributed by atoms with van der Waals surface area (Å²) in [6.45, 7) is 0. The van der Waals surface area contributed by atoms with E-state index in [1.807, 2.05) is 0 Å². The maximum atomic E-state index is 12.3. The van der Waals surface area contributed by atoms with E-state index in [4.69, 9.17) is 29.0 Å². The van der Waals surface area contributed by atoms with Crippen LogP contribution in [0.1, 0.15) is 0 Å². The molecule has 20 heavy (non-hydrogen) atoms. The Labute approximate surface area is 126 Å². The van der Waals surface area contributed by atoms with Crippen molar-refractivity contribution in [1.29, 1.82) is 0 Å². The van der Waals surface area contributed by atoms with Crippen molar-refractivity contribution in [3.8, 4) is 0 Å². The monoisotopic (exact) mass is 331 g/mol. The molecule has 8 heteroatoms. The first kappa shape index (κ1) is 14.9. The van der Waals surface area contributed by atoms with Gasteiger partial charge in [0, 0.05) is 0 Å². The van der Waals surface area contributed by atoms with Gasteiger partial charge >= 0.3 is 0 Å². The van der Waals surface area contributed by atoms with Crippen LogP contribution in [0.5, 0.6) is 0 Å². The maximum Gasteiger partial charge on any atom is 0.264 e. The van der Waals surface area contributed by atoms with E-state index in [-0.39, 0.29) is 9.92 Å². The van der Waals surface area contributed by atoms with E-state index in [0.717, 1.165) is 0 Å². The Bertz CT molecular complexity index is 735. The van der Waals surface area contributed by atoms with Gasteiger partial charge in [-0.15, -0.1) is 0 Å². The van der Waals surface area contributed by atoms with Gasteiger partial charge in [0.05, 0.1) is 21.4 Å². The van der Waals surface area contributed by atoms with E-state index in [9.17, 15) is 8.42 Å². The second-order valence-corrected chi connectivity index (χ2v) is 6.34. The topological polar surface area (TPSA) is 84.2 Å². The first-order valence-corrected chi connectivity index (χ1v) is 7.71. The molecule has 0 unspecified atom stereocenters. The maximum absolute atomic E-state index is 12.3. The molecular formula is C12H11Cl2N3O2S. The predicted octanol–water partition coefficient (Wildman–Crippen LogP) is 3.08. The molecule has 2 aromatic rings. The predicted molar refractivity (Wildman–Crippen MR) is 81.5 cm³/mol. The number of nitrogens with one attached hydrogen (secondary N) is 2. The fourth-order valence-corrected chi connectivity index (χ4v) is 3.11. The smallest absolute Gasteiger partial charge is 0.264 e. The molecule has 0 heterocycles. The van der Waals surface area contributed by atoms with Gasteiger partial charge in [0.15, 0.2) is 0 Å². The zero-order valence-electron chi connectivity index (χ0n) is 10.1. The molecule has 0 fully saturated rings. The Kier molecular flexibility index (Phi) is 4.39. The van der Waals surface area contributed by atoms with Gasteiger partial charge in [-0.25, -0.2) is 8.42 Å². The molecule has 0 bridgehead atoms. The molecule has 0 saturated heterocycles. The van der Waals surface area contributed by atoms with Gasteiger partial charge in [0.25, 0.3) is 10.0 Å². The summed E-state index contributed by atoms with van der Waals surface area (Å²) in [7, 11) is -3.78. The van der Waals surface area contributed by atoms with Crippen molar-refractivity contribution < 1.29 is 8.42 Å². The number of hydrogen-bond acceptors (Lipinski definition) is 4. The highest BCUT2D eigenvalue weighted by Crippen LogP contribution is 2.27. The Morgan fingerprint density at radius 3 is 2.35 bits per heavy atom. The standard InChI is InChI=1S/C12H11Cl2N3O2S/c13-9-6-5-8(7-10(9)14)17-20(18,19)12-4-2-1-3-11(12)16-15/h1-7,16-17H,15H2. The molecule has 5 nitrogen and oxygen atoms in total. The van der Waals surface area contributed by atoms with Crippen LogP contribution in [0.2, 0.25) is 10.0 Å². The van der Waals surface area contributed by atoms with Gasteiger partial charge in [0.1, 0.15) is 4.90 Å². The summed E-state index contributed by atoms with van der Waals surface area (Å²) in [5.41, 5.74) is 2.94. The van der Waals surface area contributed by atoms with E-state index in [1.165, 1.54) is 24.3 Å². The third-order valence-corrected chi connectivity index (χ3v) is 4.68. The molecule has 4 N–H and O–H groups in total. The van der Waals surface area contributed by atoms with Crippen LogP contribution in [0.25, 0.3) is 0 Å². The molecule has 0 atom stereocenters. The van der Waals surface area contributed by atoms with Crippen molar-refractivity contribution in [3.05, 3.63) is 52.5 Å². The summed E-state index contributed by atoms with van der Waals surface area (Å²) in [6, 6.07) is 10.7. The van der Waals surface area contributed by atoms with Crippen molar-refractivity contribution >= 4 is 44.6 Å². The average molecular weight is 332 g/mol. The zero-order chi connectivity index (χ0) is 14.8. The van der Waals surface area contributed by atoms with E-state index in [0.29, 0.717) is 16.4 Å². The number of nitrogen functional groups attached to an aromatic ring is 1. The minimum absolute atomic E-state index is 0.0357. The lowest BCUT2D eigenvalue weighted by molar-refractivity contribution is 0.601. The first-order chi connectivity index (χ1) is 9.44. The second-order valence-electron chi connectivity index (χ2n) is 3.87. The van der Waals surface area contributed by atoms with Gasteiger partial charge in [-0.2, -0.15) is 0 Å². The van der Waals surface area contributed by atoms with Crippen molar-refractivity contribution in [1.82, 2.24) is 0 Å². The fourth-order valence-electron chi connectivity index (χ4n) is 1.59. The number of para-hydroxylation sites is 1. The van der Waals surface area contributed by atoms with Gasteiger partial charge in [-0.1, -0.05) is 35.3 Å². The Balaban J connectivity index is 2.38. The van der Waals surface area contributed by atoms with Crippen LogP contribution in [0.15, 0.2) is 47.4 Å². The molecule has 0 aliphatic carbocycles. The lowest BCUT2D eigenvalue weighted by Gasteiger charge is -2.12. The Morgan fingerprint density at radius 1 is 1.00 bits per heavy atom. The van der Waals surface area contributed by atoms with E-state index < -0.39 is 10.0 Å². The quantitative estimate of drug-likeness (QED) is 0.593. The molecule has 2 aromatic carbocycles. The number of nitrogens with two attached hydrogens (primary N) is 1. The summed E-state index contributed by atoms with van der Waals surface area (Å²) < 4.78 is 27.0. The molecule has 2 rings (SSSR count). The number of rotatable bonds is 4. The van der Waals surface area contributed by atoms with E-state index in [1.54, 1.807) is 18.2 Å². The Hall–Kier alpha value is -1.47. The van der Waals surface area contributed by atoms with Crippen LogP contribution < -0.4 is 16.0 Å². The van der Waals surface area contributed by atoms with E-state index in [2.05, 4.69) is 10.1 Å². The summed E-state index contributed by atoms with van der Waals surface area (Å²) in [5, 5.41) is 0.607. The van der Waals surface area contributed by atoms with Crippen LogP contribution in [0.4, 0.5) is 11.4 Å². The van der Waals surface area contributed by atoms with Gasteiger partial charge in [-0.3, -0.25) is 10.6 Å². The molecule has 0 aliphatic rings. The van der Waals surface area contributed by atoms with Crippen LogP contribution in [0.3, 0.4) is 0 Å². The summed E-state index contributed by atoms with van der Waals surface area (Å²) in [5.74, 6) is 5.30. The zero-order valence-corrected chi connectivity index (χ0v) is 12.4. The molecule has 106 valence electrons. The van der Waals surface area contributed by atoms with Crippen LogP contribution in [-0.4, -0.2) is 8.42 Å². The van der Waals surface area contributed by atoms with Crippen LogP contribution in [-0.2, 0) is 10.0 Å². The number of hydrazine groups is 1. The molecule has 0 spiro atoms. The number of hydrogen-bond donors (Lipinski definition) is 3. The number of halogens is 2. The second kappa shape index (κ2) is 5.88. The van der Waals surface area contributed by atoms with Gasteiger partial charge in [-0.05, 0) is 30.3 Å². The summed E-state index contributed by atoms with van der Waals surface area (Å²) in [4.78, 5) is 0.0357. The van der Waals surface area contributed by atoms with Crippen molar-refractivity contribution in [2.45, 2.75) is 4.90 Å². The van der Waals surface area contributed by atoms with Crippen molar-refractivity contribution in [3.63, 3.8) is 0 Å². The summed E-state index contributed by atoms with van der Waals surface area (Å²) >= 11 is 11.6. The highest BCUT2D eigenvalue weighted by atomic mass is 35.5. The van der Waals surface area contributed by atoms with E-state index >= 15 is 0 Å². The minimum Gasteiger partial charge on any atom is -0.323 e. The fraction of sp³-hybridized carbons (Fsp3) is 0. The minimum atomic E-state index is -3.78. The molecule has 0 saturated carbocycles. The van der Waals surface area contributed by atoms with Gasteiger partial charge in [0.2, 0.25) is 0 Å². The lowest BCUT2D eigenvalue weighted by atomic mass is 10.3. The highest BCUT2D eigenvalue weighted by molar-refractivity contribution is 7.92.